The van der Waals surface area contributed by atoms with Gasteiger partial charge in [0.05, 0.1) is 0 Å². The Bertz CT molecular complexity index is 1620. The lowest BCUT2D eigenvalue weighted by Gasteiger charge is -2.26. The monoisotopic (exact) mass is 525 g/mol. The largest absolute Gasteiger partial charge is 0.310 e. The molecule has 36 heavy (non-hydrogen) atoms. The summed E-state index contributed by atoms with van der Waals surface area (Å²) in [5, 5.41) is 2.52. The number of fused-ring (bicyclic) bond motifs is 1. The van der Waals surface area contributed by atoms with Gasteiger partial charge in [0, 0.05) is 21.5 Å². The van der Waals surface area contributed by atoms with E-state index in [1.807, 2.05) is 0 Å². The van der Waals surface area contributed by atoms with Gasteiger partial charge in [-0.05, 0) is 81.6 Å². The highest BCUT2D eigenvalue weighted by Gasteiger charge is 2.13. The lowest BCUT2D eigenvalue weighted by molar-refractivity contribution is 1.28. The minimum absolute atomic E-state index is 1.05. The van der Waals surface area contributed by atoms with Crippen molar-refractivity contribution >= 4 is 43.8 Å². The number of halogens is 1. The van der Waals surface area contributed by atoms with E-state index in [0.717, 1.165) is 21.5 Å². The average molecular weight is 526 g/mol. The number of rotatable bonds is 5. The summed E-state index contributed by atoms with van der Waals surface area (Å²) >= 11 is 3.65. The molecule has 0 saturated heterocycles. The maximum atomic E-state index is 3.65. The van der Waals surface area contributed by atoms with Gasteiger partial charge in [0.25, 0.3) is 0 Å². The molecule has 0 aliphatic heterocycles. The normalized spacial score (nSPS) is 10.9. The molecule has 0 N–H and O–H groups in total. The molecule has 0 saturated carbocycles. The Balaban J connectivity index is 1.38. The summed E-state index contributed by atoms with van der Waals surface area (Å²) in [5.41, 5.74) is 8.20. The first-order valence-electron chi connectivity index (χ1n) is 12.0. The van der Waals surface area contributed by atoms with E-state index in [1.54, 1.807) is 0 Å². The minimum atomic E-state index is 1.05. The molecule has 1 nitrogen and oxygen atoms in total. The van der Waals surface area contributed by atoms with Gasteiger partial charge in [-0.2, -0.15) is 0 Å². The Morgan fingerprint density at radius 1 is 0.361 bits per heavy atom. The molecule has 0 fully saturated rings. The van der Waals surface area contributed by atoms with Crippen LogP contribution in [0.5, 0.6) is 0 Å². The van der Waals surface area contributed by atoms with Crippen LogP contribution in [0.4, 0.5) is 17.1 Å². The molecule has 0 aromatic heterocycles. The van der Waals surface area contributed by atoms with E-state index >= 15 is 0 Å². The van der Waals surface area contributed by atoms with E-state index in [2.05, 4.69) is 166 Å². The van der Waals surface area contributed by atoms with E-state index in [1.165, 1.54) is 33.0 Å². The molecule has 0 amide bonds. The zero-order valence-electron chi connectivity index (χ0n) is 19.7. The van der Waals surface area contributed by atoms with Crippen LogP contribution in [0.1, 0.15) is 0 Å². The maximum Gasteiger partial charge on any atom is 0.0472 e. The third-order valence-corrected chi connectivity index (χ3v) is 7.00. The SMILES string of the molecule is Brc1cccc(N(c2ccc(-c3ccccc3)cc2)c2ccc(-c3ccc4ccccc4c3)cc2)c1. The molecule has 6 aromatic carbocycles. The summed E-state index contributed by atoms with van der Waals surface area (Å²) in [5.74, 6) is 0. The van der Waals surface area contributed by atoms with Crippen LogP contribution in [0.2, 0.25) is 0 Å². The van der Waals surface area contributed by atoms with Crippen molar-refractivity contribution in [2.45, 2.75) is 0 Å². The molecule has 2 heteroatoms. The molecule has 6 rings (SSSR count). The minimum Gasteiger partial charge on any atom is -0.310 e. The van der Waals surface area contributed by atoms with Gasteiger partial charge in [-0.3, -0.25) is 0 Å². The fraction of sp³-hybridized carbons (Fsp3) is 0. The number of hydrogen-bond donors (Lipinski definition) is 0. The van der Waals surface area contributed by atoms with E-state index in [-0.39, 0.29) is 0 Å². The Morgan fingerprint density at radius 3 is 1.58 bits per heavy atom. The predicted molar refractivity (Wildman–Crippen MR) is 157 cm³/mol. The first-order chi connectivity index (χ1) is 17.7. The van der Waals surface area contributed by atoms with Crippen molar-refractivity contribution < 1.29 is 0 Å². The van der Waals surface area contributed by atoms with Crippen molar-refractivity contribution in [3.05, 3.63) is 150 Å². The summed E-state index contributed by atoms with van der Waals surface area (Å²) in [6.07, 6.45) is 0. The fourth-order valence-corrected chi connectivity index (χ4v) is 5.05. The highest BCUT2D eigenvalue weighted by Crippen LogP contribution is 2.37. The van der Waals surface area contributed by atoms with Gasteiger partial charge in [0.1, 0.15) is 0 Å². The van der Waals surface area contributed by atoms with Gasteiger partial charge in [-0.25, -0.2) is 0 Å². The summed E-state index contributed by atoms with van der Waals surface area (Å²) < 4.78 is 1.05. The van der Waals surface area contributed by atoms with E-state index < -0.39 is 0 Å². The van der Waals surface area contributed by atoms with Crippen LogP contribution in [0.3, 0.4) is 0 Å². The van der Waals surface area contributed by atoms with Crippen LogP contribution < -0.4 is 4.90 Å². The van der Waals surface area contributed by atoms with Crippen molar-refractivity contribution in [3.8, 4) is 22.3 Å². The third-order valence-electron chi connectivity index (χ3n) is 6.51. The summed E-state index contributed by atoms with van der Waals surface area (Å²) in [4.78, 5) is 2.30. The van der Waals surface area contributed by atoms with Crippen molar-refractivity contribution in [2.75, 3.05) is 4.90 Å². The summed E-state index contributed by atoms with van der Waals surface area (Å²) in [6, 6.07) is 51.7. The quantitative estimate of drug-likeness (QED) is 0.216. The number of hydrogen-bond acceptors (Lipinski definition) is 1. The molecular formula is C34H24BrN. The molecule has 0 aliphatic carbocycles. The van der Waals surface area contributed by atoms with Crippen LogP contribution in [0, 0.1) is 0 Å². The average Bonchev–Trinajstić information content (AvgIpc) is 2.94. The zero-order valence-corrected chi connectivity index (χ0v) is 21.3. The smallest absolute Gasteiger partial charge is 0.0472 e. The molecule has 0 spiro atoms. The highest BCUT2D eigenvalue weighted by atomic mass is 79.9. The topological polar surface area (TPSA) is 3.24 Å². The van der Waals surface area contributed by atoms with Gasteiger partial charge >= 0.3 is 0 Å². The Morgan fingerprint density at radius 2 is 0.917 bits per heavy atom. The molecule has 0 radical (unpaired) electrons. The molecule has 0 unspecified atom stereocenters. The second-order valence-corrected chi connectivity index (χ2v) is 9.75. The molecule has 6 aromatic rings. The van der Waals surface area contributed by atoms with Crippen molar-refractivity contribution in [1.82, 2.24) is 0 Å². The van der Waals surface area contributed by atoms with E-state index in [9.17, 15) is 0 Å². The second kappa shape index (κ2) is 9.85. The van der Waals surface area contributed by atoms with Crippen LogP contribution in [-0.2, 0) is 0 Å². The number of nitrogens with zero attached hydrogens (tertiary/aromatic N) is 1. The molecule has 172 valence electrons. The Kier molecular flexibility index (Phi) is 6.11. The highest BCUT2D eigenvalue weighted by molar-refractivity contribution is 9.10. The van der Waals surface area contributed by atoms with Crippen molar-refractivity contribution in [2.24, 2.45) is 0 Å². The first kappa shape index (κ1) is 22.3. The van der Waals surface area contributed by atoms with Gasteiger partial charge in [0.15, 0.2) is 0 Å². The molecule has 0 atom stereocenters. The molecule has 0 heterocycles. The maximum absolute atomic E-state index is 3.65. The molecule has 0 bridgehead atoms. The van der Waals surface area contributed by atoms with Crippen molar-refractivity contribution in [1.29, 1.82) is 0 Å². The molecular weight excluding hydrogens is 502 g/mol. The fourth-order valence-electron chi connectivity index (χ4n) is 4.67. The summed E-state index contributed by atoms with van der Waals surface area (Å²) in [6.45, 7) is 0. The standard InChI is InChI=1S/C34H24BrN/c35-31-11-6-12-34(24-31)36(32-19-15-27(16-20-32)25-7-2-1-3-8-25)33-21-17-28(18-22-33)30-14-13-26-9-4-5-10-29(26)23-30/h1-24H. The zero-order chi connectivity index (χ0) is 24.3. The lowest BCUT2D eigenvalue weighted by Crippen LogP contribution is -2.09. The van der Waals surface area contributed by atoms with Crippen LogP contribution in [-0.4, -0.2) is 0 Å². The van der Waals surface area contributed by atoms with Gasteiger partial charge < -0.3 is 4.90 Å². The van der Waals surface area contributed by atoms with Gasteiger partial charge in [-0.15, -0.1) is 0 Å². The number of anilines is 3. The summed E-state index contributed by atoms with van der Waals surface area (Å²) in [7, 11) is 0. The number of benzene rings is 6. The van der Waals surface area contributed by atoms with Gasteiger partial charge in [-0.1, -0.05) is 113 Å². The second-order valence-electron chi connectivity index (χ2n) is 8.84. The van der Waals surface area contributed by atoms with E-state index in [0.29, 0.717) is 0 Å². The Labute approximate surface area is 220 Å². The predicted octanol–water partition coefficient (Wildman–Crippen LogP) is 10.4. The molecule has 0 aliphatic rings. The van der Waals surface area contributed by atoms with Crippen molar-refractivity contribution in [3.63, 3.8) is 0 Å². The van der Waals surface area contributed by atoms with Crippen LogP contribution >= 0.6 is 15.9 Å². The first-order valence-corrected chi connectivity index (χ1v) is 12.8. The van der Waals surface area contributed by atoms with Crippen LogP contribution in [0.15, 0.2) is 150 Å². The Hall–Kier alpha value is -4.14. The lowest BCUT2D eigenvalue weighted by atomic mass is 10.0. The van der Waals surface area contributed by atoms with Gasteiger partial charge in [0.2, 0.25) is 0 Å². The third kappa shape index (κ3) is 4.56. The van der Waals surface area contributed by atoms with Crippen LogP contribution in [0.25, 0.3) is 33.0 Å². The van der Waals surface area contributed by atoms with E-state index in [4.69, 9.17) is 0 Å².